The van der Waals surface area contributed by atoms with E-state index in [1.54, 1.807) is 0 Å². The summed E-state index contributed by atoms with van der Waals surface area (Å²) in [5, 5.41) is 8.72. The van der Waals surface area contributed by atoms with E-state index in [9.17, 15) is 18.0 Å². The van der Waals surface area contributed by atoms with Gasteiger partial charge >= 0.3 is 5.97 Å². The highest BCUT2D eigenvalue weighted by Gasteiger charge is 2.22. The van der Waals surface area contributed by atoms with Gasteiger partial charge in [0.25, 0.3) is 6.43 Å². The molecule has 0 spiro atoms. The van der Waals surface area contributed by atoms with E-state index < -0.39 is 29.5 Å². The van der Waals surface area contributed by atoms with Gasteiger partial charge in [-0.15, -0.1) is 0 Å². The average Bonchev–Trinajstić information content (AvgIpc) is 2.37. The zero-order chi connectivity index (χ0) is 14.9. The van der Waals surface area contributed by atoms with Gasteiger partial charge in [0.2, 0.25) is 0 Å². The fraction of sp³-hybridized carbons (Fsp3) is 0.0833. The molecule has 1 heterocycles. The summed E-state index contributed by atoms with van der Waals surface area (Å²) in [5.74, 6) is -2.36. The number of benzene rings is 1. The van der Waals surface area contributed by atoms with E-state index in [1.165, 1.54) is 6.07 Å². The normalized spacial score (nSPS) is 10.8. The van der Waals surface area contributed by atoms with Crippen molar-refractivity contribution in [3.63, 3.8) is 0 Å². The van der Waals surface area contributed by atoms with Crippen LogP contribution in [0.5, 0.6) is 0 Å². The lowest BCUT2D eigenvalue weighted by Gasteiger charge is -2.07. The molecule has 1 N–H and O–H groups in total. The van der Waals surface area contributed by atoms with Gasteiger partial charge in [-0.05, 0) is 18.2 Å². The highest BCUT2D eigenvalue weighted by atomic mass is 35.5. The first-order valence-electron chi connectivity index (χ1n) is 5.24. The van der Waals surface area contributed by atoms with Gasteiger partial charge in [-0.2, -0.15) is 0 Å². The van der Waals surface area contributed by atoms with Gasteiger partial charge in [-0.25, -0.2) is 27.9 Å². The number of hydrogen-bond acceptors (Lipinski definition) is 3. The van der Waals surface area contributed by atoms with Crippen LogP contribution in [0.2, 0.25) is 5.02 Å². The summed E-state index contributed by atoms with van der Waals surface area (Å²) in [4.78, 5) is 18.0. The molecule has 8 heteroatoms. The molecule has 0 amide bonds. The first-order chi connectivity index (χ1) is 9.40. The SMILES string of the molecule is O=C(O)c1cnc(-c2ccc(F)cc2Cl)nc1C(F)F. The standard InChI is InChI=1S/C12H6ClF3N2O2/c13-8-3-5(14)1-2-6(8)11-17-4-7(12(19)20)9(18-11)10(15)16/h1-4,10H,(H,19,20). The molecule has 0 bridgehead atoms. The predicted octanol–water partition coefficient (Wildman–Crippen LogP) is 3.57. The zero-order valence-electron chi connectivity index (χ0n) is 9.65. The van der Waals surface area contributed by atoms with Crippen LogP contribution in [-0.2, 0) is 0 Å². The van der Waals surface area contributed by atoms with Gasteiger partial charge in [-0.1, -0.05) is 11.6 Å². The molecule has 1 aromatic heterocycles. The number of nitrogens with zero attached hydrogens (tertiary/aromatic N) is 2. The quantitative estimate of drug-likeness (QED) is 0.941. The molecule has 104 valence electrons. The van der Waals surface area contributed by atoms with Crippen LogP contribution in [0.25, 0.3) is 11.4 Å². The Hall–Kier alpha value is -2.15. The molecule has 0 aliphatic rings. The van der Waals surface area contributed by atoms with Crippen LogP contribution in [0.4, 0.5) is 13.2 Å². The van der Waals surface area contributed by atoms with Crippen molar-refractivity contribution in [3.05, 3.63) is 46.5 Å². The molecule has 4 nitrogen and oxygen atoms in total. The fourth-order valence-electron chi connectivity index (χ4n) is 1.53. The Morgan fingerprint density at radius 2 is 2.05 bits per heavy atom. The van der Waals surface area contributed by atoms with Crippen molar-refractivity contribution in [2.24, 2.45) is 0 Å². The highest BCUT2D eigenvalue weighted by Crippen LogP contribution is 2.28. The third-order valence-electron chi connectivity index (χ3n) is 2.43. The topological polar surface area (TPSA) is 63.1 Å². The minimum Gasteiger partial charge on any atom is -0.478 e. The molecule has 0 aliphatic heterocycles. The number of aromatic carboxylic acids is 1. The Morgan fingerprint density at radius 3 is 2.60 bits per heavy atom. The Morgan fingerprint density at radius 1 is 1.35 bits per heavy atom. The van der Waals surface area contributed by atoms with Crippen molar-refractivity contribution in [2.75, 3.05) is 0 Å². The largest absolute Gasteiger partial charge is 0.478 e. The average molecular weight is 303 g/mol. The molecule has 0 radical (unpaired) electrons. The molecule has 0 fully saturated rings. The molecule has 0 unspecified atom stereocenters. The van der Waals surface area contributed by atoms with Gasteiger partial charge in [0, 0.05) is 11.8 Å². The van der Waals surface area contributed by atoms with Gasteiger partial charge in [0.1, 0.15) is 17.1 Å². The van der Waals surface area contributed by atoms with Crippen LogP contribution in [-0.4, -0.2) is 21.0 Å². The number of alkyl halides is 2. The van der Waals surface area contributed by atoms with Crippen LogP contribution in [0.3, 0.4) is 0 Å². The Bertz CT molecular complexity index is 680. The number of hydrogen-bond donors (Lipinski definition) is 1. The van der Waals surface area contributed by atoms with Crippen LogP contribution < -0.4 is 0 Å². The minimum atomic E-state index is -3.08. The Labute approximate surface area is 115 Å². The Kier molecular flexibility index (Phi) is 3.89. The molecule has 0 saturated heterocycles. The van der Waals surface area contributed by atoms with E-state index in [4.69, 9.17) is 16.7 Å². The number of carboxylic acid groups (broad SMARTS) is 1. The van der Waals surface area contributed by atoms with Crippen molar-refractivity contribution >= 4 is 17.6 Å². The summed E-state index contributed by atoms with van der Waals surface area (Å²) < 4.78 is 38.5. The van der Waals surface area contributed by atoms with Crippen LogP contribution >= 0.6 is 11.6 Å². The molecular weight excluding hydrogens is 297 g/mol. The van der Waals surface area contributed by atoms with Crippen LogP contribution in [0.15, 0.2) is 24.4 Å². The van der Waals surface area contributed by atoms with Crippen LogP contribution in [0, 0.1) is 5.82 Å². The molecule has 0 atom stereocenters. The van der Waals surface area contributed by atoms with Crippen molar-refractivity contribution in [1.29, 1.82) is 0 Å². The number of carboxylic acids is 1. The lowest BCUT2D eigenvalue weighted by Crippen LogP contribution is -2.08. The van der Waals surface area contributed by atoms with E-state index >= 15 is 0 Å². The second-order valence-corrected chi connectivity index (χ2v) is 4.13. The van der Waals surface area contributed by atoms with Gasteiger partial charge < -0.3 is 5.11 Å². The van der Waals surface area contributed by atoms with E-state index in [-0.39, 0.29) is 16.4 Å². The predicted molar refractivity (Wildman–Crippen MR) is 64.4 cm³/mol. The first-order valence-corrected chi connectivity index (χ1v) is 5.61. The summed E-state index contributed by atoms with van der Waals surface area (Å²) in [6.45, 7) is 0. The molecule has 20 heavy (non-hydrogen) atoms. The molecule has 2 aromatic rings. The maximum Gasteiger partial charge on any atom is 0.339 e. The minimum absolute atomic E-state index is 0.0618. The summed E-state index contributed by atoms with van der Waals surface area (Å²) in [7, 11) is 0. The second-order valence-electron chi connectivity index (χ2n) is 3.72. The van der Waals surface area contributed by atoms with E-state index in [0.717, 1.165) is 18.3 Å². The van der Waals surface area contributed by atoms with Crippen molar-refractivity contribution in [2.45, 2.75) is 6.43 Å². The summed E-state index contributed by atoms with van der Waals surface area (Å²) in [5.41, 5.74) is -1.48. The molecular formula is C12H6ClF3N2O2. The highest BCUT2D eigenvalue weighted by molar-refractivity contribution is 6.33. The van der Waals surface area contributed by atoms with Gasteiger partial charge in [-0.3, -0.25) is 0 Å². The number of rotatable bonds is 3. The smallest absolute Gasteiger partial charge is 0.339 e. The van der Waals surface area contributed by atoms with E-state index in [1.807, 2.05) is 0 Å². The maximum absolute atomic E-state index is 12.9. The summed E-state index contributed by atoms with van der Waals surface area (Å²) >= 11 is 5.77. The molecule has 1 aromatic carbocycles. The molecule has 0 saturated carbocycles. The van der Waals surface area contributed by atoms with E-state index in [2.05, 4.69) is 9.97 Å². The molecule has 0 aliphatic carbocycles. The van der Waals surface area contributed by atoms with Crippen molar-refractivity contribution < 1.29 is 23.1 Å². The number of carbonyl (C=O) groups is 1. The third kappa shape index (κ3) is 2.72. The van der Waals surface area contributed by atoms with Gasteiger partial charge in [0.15, 0.2) is 5.82 Å². The summed E-state index contributed by atoms with van der Waals surface area (Å²) in [6.07, 6.45) is -2.31. The lowest BCUT2D eigenvalue weighted by atomic mass is 10.1. The van der Waals surface area contributed by atoms with E-state index in [0.29, 0.717) is 0 Å². The maximum atomic E-state index is 12.9. The fourth-order valence-corrected chi connectivity index (χ4v) is 1.78. The zero-order valence-corrected chi connectivity index (χ0v) is 10.4. The van der Waals surface area contributed by atoms with Crippen molar-refractivity contribution in [3.8, 4) is 11.4 Å². The second kappa shape index (κ2) is 5.46. The lowest BCUT2D eigenvalue weighted by molar-refractivity contribution is 0.0681. The number of halogens is 4. The molecule has 2 rings (SSSR count). The number of aromatic nitrogens is 2. The summed E-state index contributed by atoms with van der Waals surface area (Å²) in [6, 6.07) is 3.27. The monoisotopic (exact) mass is 302 g/mol. The third-order valence-corrected chi connectivity index (χ3v) is 2.74. The Balaban J connectivity index is 2.59. The van der Waals surface area contributed by atoms with Crippen molar-refractivity contribution in [1.82, 2.24) is 9.97 Å². The van der Waals surface area contributed by atoms with Crippen LogP contribution in [0.1, 0.15) is 22.5 Å². The first kappa shape index (κ1) is 14.3. The van der Waals surface area contributed by atoms with Gasteiger partial charge in [0.05, 0.1) is 5.02 Å².